The molecule has 2 aromatic carbocycles. The summed E-state index contributed by atoms with van der Waals surface area (Å²) in [6.45, 7) is -2.32. The minimum atomic E-state index is -2.59. The molecule has 12 heteroatoms. The van der Waals surface area contributed by atoms with Gasteiger partial charge < -0.3 is 39.7 Å². The molecule has 5 N–H and O–H groups in total. The SMILES string of the molecule is COc1ccc(C(=O)COc2c(O)cc(C(=O)C3OC4(O)C(=O)C=CCC4=NC3(CO)CO)cc2O)cc1. The lowest BCUT2D eigenvalue weighted by molar-refractivity contribution is -0.200. The van der Waals surface area contributed by atoms with Crippen LogP contribution in [0.25, 0.3) is 0 Å². The van der Waals surface area contributed by atoms with Crippen LogP contribution >= 0.6 is 0 Å². The van der Waals surface area contributed by atoms with Gasteiger partial charge in [0.2, 0.25) is 11.5 Å². The van der Waals surface area contributed by atoms with Crippen molar-refractivity contribution >= 4 is 23.1 Å². The van der Waals surface area contributed by atoms with Crippen LogP contribution in [0.2, 0.25) is 0 Å². The van der Waals surface area contributed by atoms with E-state index in [-0.39, 0.29) is 17.7 Å². The first-order valence-electron chi connectivity index (χ1n) is 11.4. The van der Waals surface area contributed by atoms with E-state index in [1.165, 1.54) is 25.3 Å². The number of nitrogens with zero attached hydrogens (tertiary/aromatic N) is 1. The fraction of sp³-hybridized carbons (Fsp3) is 0.308. The molecule has 12 nitrogen and oxygen atoms in total. The van der Waals surface area contributed by atoms with Gasteiger partial charge in [-0.1, -0.05) is 6.08 Å². The van der Waals surface area contributed by atoms with Gasteiger partial charge in [0.1, 0.15) is 11.3 Å². The van der Waals surface area contributed by atoms with E-state index < -0.39 is 71.8 Å². The van der Waals surface area contributed by atoms with Gasteiger partial charge in [0.05, 0.1) is 26.0 Å². The third-order valence-electron chi connectivity index (χ3n) is 6.32. The van der Waals surface area contributed by atoms with E-state index in [1.807, 2.05) is 0 Å². The lowest BCUT2D eigenvalue weighted by Crippen LogP contribution is -2.65. The Morgan fingerprint density at radius 3 is 2.29 bits per heavy atom. The number of carbonyl (C=O) groups excluding carboxylic acids is 3. The zero-order valence-corrected chi connectivity index (χ0v) is 20.2. The summed E-state index contributed by atoms with van der Waals surface area (Å²) >= 11 is 0. The fourth-order valence-corrected chi connectivity index (χ4v) is 4.15. The molecule has 0 saturated carbocycles. The van der Waals surface area contributed by atoms with Gasteiger partial charge in [0.15, 0.2) is 35.8 Å². The summed E-state index contributed by atoms with van der Waals surface area (Å²) < 4.78 is 15.8. The maximum Gasteiger partial charge on any atom is 0.272 e. The number of carbonyl (C=O) groups is 3. The minimum absolute atomic E-state index is 0.0201. The van der Waals surface area contributed by atoms with Crippen LogP contribution in [0, 0.1) is 0 Å². The molecular weight excluding hydrogens is 502 g/mol. The quantitative estimate of drug-likeness (QED) is 0.282. The molecular formula is C26H25NO11. The number of allylic oxidation sites excluding steroid dienone is 1. The number of Topliss-reactive ketones (excluding diaryl/α,β-unsaturated/α-hetero) is 2. The summed E-state index contributed by atoms with van der Waals surface area (Å²) in [5, 5.41) is 51.7. The monoisotopic (exact) mass is 527 g/mol. The molecule has 2 atom stereocenters. The van der Waals surface area contributed by atoms with Gasteiger partial charge in [-0.15, -0.1) is 0 Å². The van der Waals surface area contributed by atoms with E-state index in [2.05, 4.69) is 4.99 Å². The Morgan fingerprint density at radius 1 is 1.08 bits per heavy atom. The van der Waals surface area contributed by atoms with Crippen molar-refractivity contribution in [2.75, 3.05) is 26.9 Å². The third kappa shape index (κ3) is 4.65. The van der Waals surface area contributed by atoms with Crippen molar-refractivity contribution in [2.45, 2.75) is 23.9 Å². The molecule has 2 unspecified atom stereocenters. The Morgan fingerprint density at radius 2 is 1.71 bits per heavy atom. The molecule has 200 valence electrons. The van der Waals surface area contributed by atoms with Gasteiger partial charge in [-0.2, -0.15) is 0 Å². The summed E-state index contributed by atoms with van der Waals surface area (Å²) in [7, 11) is 1.48. The van der Waals surface area contributed by atoms with Crippen LogP contribution in [0.15, 0.2) is 53.5 Å². The van der Waals surface area contributed by atoms with Crippen LogP contribution in [0.4, 0.5) is 0 Å². The Hall–Kier alpha value is -4.10. The fourth-order valence-electron chi connectivity index (χ4n) is 4.15. The number of rotatable bonds is 9. The lowest BCUT2D eigenvalue weighted by Gasteiger charge is -2.44. The number of fused-ring (bicyclic) bond motifs is 1. The van der Waals surface area contributed by atoms with E-state index >= 15 is 0 Å². The molecule has 0 fully saturated rings. The molecule has 2 aliphatic rings. The van der Waals surface area contributed by atoms with Crippen LogP contribution in [0.1, 0.15) is 27.1 Å². The smallest absolute Gasteiger partial charge is 0.272 e. The molecule has 4 rings (SSSR count). The molecule has 1 heterocycles. The lowest BCUT2D eigenvalue weighted by atomic mass is 9.83. The average molecular weight is 527 g/mol. The van der Waals surface area contributed by atoms with Gasteiger partial charge in [-0.25, -0.2) is 0 Å². The number of phenolic OH excluding ortho intramolecular Hbond substituents is 2. The molecule has 0 spiro atoms. The first-order chi connectivity index (χ1) is 18.1. The highest BCUT2D eigenvalue weighted by molar-refractivity contribution is 6.19. The van der Waals surface area contributed by atoms with E-state index in [0.29, 0.717) is 11.3 Å². The molecule has 0 saturated heterocycles. The predicted octanol–water partition coefficient (Wildman–Crippen LogP) is 0.332. The molecule has 0 bridgehead atoms. The molecule has 1 aliphatic carbocycles. The Kier molecular flexibility index (Phi) is 7.33. The molecule has 0 amide bonds. The highest BCUT2D eigenvalue weighted by Gasteiger charge is 2.57. The highest BCUT2D eigenvalue weighted by Crippen LogP contribution is 2.40. The Labute approximate surface area is 216 Å². The largest absolute Gasteiger partial charge is 0.504 e. The molecule has 0 radical (unpaired) electrons. The van der Waals surface area contributed by atoms with Gasteiger partial charge >= 0.3 is 0 Å². The maximum atomic E-state index is 13.4. The summed E-state index contributed by atoms with van der Waals surface area (Å²) in [6.07, 6.45) is 0.578. The van der Waals surface area contributed by atoms with Crippen LogP contribution < -0.4 is 9.47 Å². The van der Waals surface area contributed by atoms with Gasteiger partial charge in [0.25, 0.3) is 5.79 Å². The number of phenols is 2. The Bertz CT molecular complexity index is 1300. The second-order valence-corrected chi connectivity index (χ2v) is 8.74. The molecule has 0 aromatic heterocycles. The average Bonchev–Trinajstić information content (AvgIpc) is 2.92. The number of aromatic hydroxyl groups is 2. The number of benzene rings is 2. The normalized spacial score (nSPS) is 21.8. The predicted molar refractivity (Wildman–Crippen MR) is 130 cm³/mol. The van der Waals surface area contributed by atoms with E-state index in [9.17, 15) is 39.9 Å². The number of aliphatic hydroxyl groups excluding tert-OH is 2. The summed E-state index contributed by atoms with van der Waals surface area (Å²) in [5.74, 6) is -6.31. The molecule has 1 aliphatic heterocycles. The van der Waals surface area contributed by atoms with E-state index in [4.69, 9.17) is 14.2 Å². The number of hydrogen-bond acceptors (Lipinski definition) is 12. The van der Waals surface area contributed by atoms with Crippen LogP contribution in [0.3, 0.4) is 0 Å². The van der Waals surface area contributed by atoms with Gasteiger partial charge in [-0.05, 0) is 42.5 Å². The molecule has 38 heavy (non-hydrogen) atoms. The number of ketones is 3. The summed E-state index contributed by atoms with van der Waals surface area (Å²) in [6, 6.07) is 8.00. The third-order valence-corrected chi connectivity index (χ3v) is 6.32. The van der Waals surface area contributed by atoms with Crippen molar-refractivity contribution in [2.24, 2.45) is 4.99 Å². The van der Waals surface area contributed by atoms with Crippen LogP contribution in [0.5, 0.6) is 23.0 Å². The van der Waals surface area contributed by atoms with Crippen molar-refractivity contribution in [1.82, 2.24) is 0 Å². The maximum absolute atomic E-state index is 13.4. The second kappa shape index (κ2) is 10.3. The van der Waals surface area contributed by atoms with Gasteiger partial charge in [0, 0.05) is 17.5 Å². The minimum Gasteiger partial charge on any atom is -0.504 e. The van der Waals surface area contributed by atoms with Crippen LogP contribution in [-0.4, -0.2) is 93.0 Å². The Balaban J connectivity index is 1.58. The van der Waals surface area contributed by atoms with E-state index in [0.717, 1.165) is 18.2 Å². The first-order valence-corrected chi connectivity index (χ1v) is 11.4. The van der Waals surface area contributed by atoms with Crippen LogP contribution in [-0.2, 0) is 9.53 Å². The van der Waals surface area contributed by atoms with Crippen molar-refractivity contribution in [3.63, 3.8) is 0 Å². The van der Waals surface area contributed by atoms with Crippen molar-refractivity contribution in [3.8, 4) is 23.0 Å². The zero-order valence-electron chi connectivity index (χ0n) is 20.2. The number of ether oxygens (including phenoxy) is 3. The second-order valence-electron chi connectivity index (χ2n) is 8.74. The van der Waals surface area contributed by atoms with Gasteiger partial charge in [-0.3, -0.25) is 19.4 Å². The topological polar surface area (TPSA) is 192 Å². The standard InChI is InChI=1S/C26H25NO11/c1-36-16-7-5-14(6-8-16)19(32)11-37-23-17(30)9-15(10-18(23)31)22(34)24-25(12-28,13-29)27-20-3-2-4-21(33)26(20,35)38-24/h2,4-10,24,28-31,35H,3,11-13H2,1H3. The first kappa shape index (κ1) is 26.9. The van der Waals surface area contributed by atoms with Crippen molar-refractivity contribution < 1.29 is 54.1 Å². The molecule has 2 aromatic rings. The summed E-state index contributed by atoms with van der Waals surface area (Å²) in [5.41, 5.74) is -2.23. The number of methoxy groups -OCH3 is 1. The number of aliphatic imine (C=N–C) groups is 1. The van der Waals surface area contributed by atoms with Crippen molar-refractivity contribution in [3.05, 3.63) is 59.7 Å². The number of hydrogen-bond donors (Lipinski definition) is 5. The van der Waals surface area contributed by atoms with Crippen molar-refractivity contribution in [1.29, 1.82) is 0 Å². The highest BCUT2D eigenvalue weighted by atomic mass is 16.6. The summed E-state index contributed by atoms with van der Waals surface area (Å²) in [4.78, 5) is 42.3. The number of aliphatic hydroxyl groups is 3. The zero-order chi connectivity index (χ0) is 27.7. The van der Waals surface area contributed by atoms with E-state index in [1.54, 1.807) is 12.1 Å².